The van der Waals surface area contributed by atoms with E-state index in [1.807, 2.05) is 23.0 Å². The molecule has 1 aromatic heterocycles. The lowest BCUT2D eigenvalue weighted by Crippen LogP contribution is -2.15. The number of halogens is 1. The number of carbonyl (C=O) groups is 1. The van der Waals surface area contributed by atoms with Gasteiger partial charge in [0.1, 0.15) is 0 Å². The number of nitrogens with zero attached hydrogens (tertiary/aromatic N) is 2. The van der Waals surface area contributed by atoms with Gasteiger partial charge < -0.3 is 10.6 Å². The Labute approximate surface area is 151 Å². The number of anilines is 1. The average Bonchev–Trinajstić information content (AvgIpc) is 3.24. The Balaban J connectivity index is 1.42. The van der Waals surface area contributed by atoms with Crippen molar-refractivity contribution in [2.75, 3.05) is 18.4 Å². The van der Waals surface area contributed by atoms with Crippen LogP contribution in [0.5, 0.6) is 0 Å². The fourth-order valence-electron chi connectivity index (χ4n) is 2.98. The number of rotatable bonds is 7. The average molecular weight is 391 g/mol. The first kappa shape index (κ1) is 17.2. The van der Waals surface area contributed by atoms with Crippen molar-refractivity contribution in [3.05, 3.63) is 46.7 Å². The molecule has 2 N–H and O–H groups in total. The van der Waals surface area contributed by atoms with E-state index in [1.54, 1.807) is 6.20 Å². The number of amides is 1. The van der Waals surface area contributed by atoms with Crippen molar-refractivity contribution in [3.8, 4) is 0 Å². The van der Waals surface area contributed by atoms with E-state index in [0.717, 1.165) is 42.6 Å². The molecule has 1 fully saturated rings. The molecule has 1 saturated heterocycles. The fourth-order valence-corrected chi connectivity index (χ4v) is 3.31. The fraction of sp³-hybridized carbons (Fsp3) is 0.444. The maximum atomic E-state index is 12.0. The minimum Gasteiger partial charge on any atom is -0.326 e. The summed E-state index contributed by atoms with van der Waals surface area (Å²) in [5.74, 6) is 0.761. The zero-order valence-electron chi connectivity index (χ0n) is 13.7. The molecule has 2 aromatic rings. The van der Waals surface area contributed by atoms with Crippen LogP contribution in [0.2, 0.25) is 0 Å². The Bertz CT molecular complexity index is 662. The Hall–Kier alpha value is -1.66. The largest absolute Gasteiger partial charge is 0.326 e. The van der Waals surface area contributed by atoms with Gasteiger partial charge in [-0.15, -0.1) is 0 Å². The molecule has 0 aliphatic carbocycles. The van der Waals surface area contributed by atoms with Gasteiger partial charge in [0.15, 0.2) is 0 Å². The summed E-state index contributed by atoms with van der Waals surface area (Å²) in [4.78, 5) is 12.0. The highest BCUT2D eigenvalue weighted by Gasteiger charge is 2.15. The van der Waals surface area contributed by atoms with Crippen LogP contribution in [-0.2, 0) is 17.8 Å². The Kier molecular flexibility index (Phi) is 6.04. The predicted octanol–water partition coefficient (Wildman–Crippen LogP) is 3.22. The van der Waals surface area contributed by atoms with Crippen molar-refractivity contribution in [2.24, 2.45) is 5.92 Å². The third-order valence-corrected chi connectivity index (χ3v) is 4.82. The van der Waals surface area contributed by atoms with Crippen molar-refractivity contribution in [1.29, 1.82) is 0 Å². The van der Waals surface area contributed by atoms with E-state index in [-0.39, 0.29) is 5.91 Å². The molecule has 1 atom stereocenters. The molecular formula is C18H23BrN4O. The molecule has 0 bridgehead atoms. The molecule has 6 heteroatoms. The minimum absolute atomic E-state index is 0.107. The number of benzene rings is 1. The van der Waals surface area contributed by atoms with E-state index in [9.17, 15) is 4.79 Å². The molecule has 0 radical (unpaired) electrons. The van der Waals surface area contributed by atoms with Gasteiger partial charge in [0.05, 0.1) is 10.7 Å². The van der Waals surface area contributed by atoms with Gasteiger partial charge in [0.25, 0.3) is 0 Å². The van der Waals surface area contributed by atoms with Crippen molar-refractivity contribution in [1.82, 2.24) is 15.1 Å². The summed E-state index contributed by atoms with van der Waals surface area (Å²) >= 11 is 3.40. The van der Waals surface area contributed by atoms with Gasteiger partial charge >= 0.3 is 0 Å². The molecule has 1 unspecified atom stereocenters. The summed E-state index contributed by atoms with van der Waals surface area (Å²) in [5.41, 5.74) is 2.10. The Morgan fingerprint density at radius 1 is 1.38 bits per heavy atom. The summed E-state index contributed by atoms with van der Waals surface area (Å²) in [6.07, 6.45) is 7.43. The van der Waals surface area contributed by atoms with Crippen LogP contribution in [-0.4, -0.2) is 28.8 Å². The Morgan fingerprint density at radius 3 is 2.88 bits per heavy atom. The molecule has 5 nitrogen and oxygen atoms in total. The normalized spacial score (nSPS) is 17.1. The quantitative estimate of drug-likeness (QED) is 0.762. The zero-order chi connectivity index (χ0) is 16.8. The lowest BCUT2D eigenvalue weighted by atomic mass is 10.0. The summed E-state index contributed by atoms with van der Waals surface area (Å²) < 4.78 is 2.91. The number of aromatic nitrogens is 2. The third kappa shape index (κ3) is 5.18. The van der Waals surface area contributed by atoms with Crippen LogP contribution < -0.4 is 10.6 Å². The van der Waals surface area contributed by atoms with Crippen molar-refractivity contribution in [3.63, 3.8) is 0 Å². The van der Waals surface area contributed by atoms with Gasteiger partial charge in [-0.1, -0.05) is 12.1 Å². The maximum Gasteiger partial charge on any atom is 0.224 e. The summed E-state index contributed by atoms with van der Waals surface area (Å²) in [7, 11) is 0. The van der Waals surface area contributed by atoms with Gasteiger partial charge in [0, 0.05) is 24.8 Å². The second-order valence-corrected chi connectivity index (χ2v) is 7.23. The lowest BCUT2D eigenvalue weighted by Gasteiger charge is -2.09. The van der Waals surface area contributed by atoms with Gasteiger partial charge in [-0.2, -0.15) is 5.10 Å². The van der Waals surface area contributed by atoms with E-state index >= 15 is 0 Å². The molecule has 0 spiro atoms. The monoisotopic (exact) mass is 390 g/mol. The van der Waals surface area contributed by atoms with Crippen LogP contribution >= 0.6 is 15.9 Å². The molecule has 3 rings (SSSR count). The van der Waals surface area contributed by atoms with Crippen LogP contribution in [0.15, 0.2) is 41.1 Å². The molecule has 1 aromatic carbocycles. The van der Waals surface area contributed by atoms with E-state index in [2.05, 4.69) is 43.8 Å². The van der Waals surface area contributed by atoms with Crippen LogP contribution in [0.25, 0.3) is 0 Å². The topological polar surface area (TPSA) is 59.0 Å². The first-order valence-electron chi connectivity index (χ1n) is 8.46. The first-order valence-corrected chi connectivity index (χ1v) is 9.26. The second-order valence-electron chi connectivity index (χ2n) is 6.31. The molecule has 24 heavy (non-hydrogen) atoms. The number of carbonyl (C=O) groups excluding carboxylic acids is 1. The van der Waals surface area contributed by atoms with Crippen molar-refractivity contribution >= 4 is 27.5 Å². The van der Waals surface area contributed by atoms with E-state index in [0.29, 0.717) is 12.3 Å². The second kappa shape index (κ2) is 8.44. The Morgan fingerprint density at radius 2 is 2.21 bits per heavy atom. The standard InChI is InChI=1S/C18H23BrN4O/c19-16-12-21-23(13-16)10-8-14-1-4-17(5-2-14)22-18(24)6-3-15-7-9-20-11-15/h1-2,4-5,12-13,15,20H,3,6-11H2,(H,22,24). The van der Waals surface area contributed by atoms with E-state index in [1.165, 1.54) is 12.0 Å². The van der Waals surface area contributed by atoms with Crippen LogP contribution in [0.3, 0.4) is 0 Å². The number of hydrogen-bond acceptors (Lipinski definition) is 3. The van der Waals surface area contributed by atoms with Gasteiger partial charge in [-0.3, -0.25) is 9.48 Å². The van der Waals surface area contributed by atoms with Gasteiger partial charge in [-0.25, -0.2) is 0 Å². The smallest absolute Gasteiger partial charge is 0.224 e. The van der Waals surface area contributed by atoms with Crippen LogP contribution in [0.4, 0.5) is 5.69 Å². The number of nitrogens with one attached hydrogen (secondary N) is 2. The number of hydrogen-bond donors (Lipinski definition) is 2. The summed E-state index contributed by atoms with van der Waals surface area (Å²) in [5, 5.41) is 10.6. The van der Waals surface area contributed by atoms with E-state index in [4.69, 9.17) is 0 Å². The predicted molar refractivity (Wildman–Crippen MR) is 98.9 cm³/mol. The lowest BCUT2D eigenvalue weighted by molar-refractivity contribution is -0.116. The molecule has 1 aliphatic rings. The number of aryl methyl sites for hydroxylation is 2. The van der Waals surface area contributed by atoms with Crippen LogP contribution in [0, 0.1) is 5.92 Å². The SMILES string of the molecule is O=C(CCC1CCNC1)Nc1ccc(CCn2cc(Br)cn2)cc1. The first-order chi connectivity index (χ1) is 11.7. The van der Waals surface area contributed by atoms with Crippen molar-refractivity contribution < 1.29 is 4.79 Å². The van der Waals surface area contributed by atoms with Gasteiger partial charge in [0.2, 0.25) is 5.91 Å². The summed E-state index contributed by atoms with van der Waals surface area (Å²) in [6.45, 7) is 2.98. The molecular weight excluding hydrogens is 368 g/mol. The third-order valence-electron chi connectivity index (χ3n) is 4.41. The van der Waals surface area contributed by atoms with Crippen LogP contribution in [0.1, 0.15) is 24.8 Å². The molecule has 2 heterocycles. The summed E-state index contributed by atoms with van der Waals surface area (Å²) in [6, 6.07) is 8.08. The highest BCUT2D eigenvalue weighted by Crippen LogP contribution is 2.16. The highest BCUT2D eigenvalue weighted by molar-refractivity contribution is 9.10. The van der Waals surface area contributed by atoms with Crippen molar-refractivity contribution in [2.45, 2.75) is 32.2 Å². The zero-order valence-corrected chi connectivity index (χ0v) is 15.3. The van der Waals surface area contributed by atoms with Gasteiger partial charge in [-0.05, 0) is 71.9 Å². The molecule has 0 saturated carbocycles. The highest BCUT2D eigenvalue weighted by atomic mass is 79.9. The minimum atomic E-state index is 0.107. The van der Waals surface area contributed by atoms with E-state index < -0.39 is 0 Å². The molecule has 128 valence electrons. The molecule has 1 aliphatic heterocycles. The maximum absolute atomic E-state index is 12.0. The molecule has 1 amide bonds.